The Kier molecular flexibility index (Phi) is 6.33. The Bertz CT molecular complexity index is 1280. The quantitative estimate of drug-likeness (QED) is 0.268. The highest BCUT2D eigenvalue weighted by Crippen LogP contribution is 2.27. The Morgan fingerprint density at radius 3 is 2.26 bits per heavy atom. The fraction of sp³-hybridized carbons (Fsp3) is 0.0435. The third-order valence-electron chi connectivity index (χ3n) is 4.63. The van der Waals surface area contributed by atoms with Gasteiger partial charge in [0.05, 0.1) is 4.90 Å². The molecule has 0 saturated heterocycles. The summed E-state index contributed by atoms with van der Waals surface area (Å²) in [5, 5.41) is 15.6. The molecule has 0 aliphatic heterocycles. The van der Waals surface area contributed by atoms with Crippen molar-refractivity contribution in [2.75, 3.05) is 5.32 Å². The normalized spacial score (nSPS) is 11.7. The molecule has 158 valence electrons. The Balaban J connectivity index is 1.78. The van der Waals surface area contributed by atoms with E-state index in [1.54, 1.807) is 67.6 Å². The molecular weight excluding hydrogens is 412 g/mol. The molecule has 6 N–H and O–H groups in total. The van der Waals surface area contributed by atoms with E-state index < -0.39 is 10.0 Å². The number of nitrogens with one attached hydrogen (secondary N) is 2. The average Bonchev–Trinajstić information content (AvgIpc) is 2.73. The Labute approximate surface area is 181 Å². The molecular formula is C23H22N4O3S. The molecule has 3 aromatic rings. The number of anilines is 1. The van der Waals surface area contributed by atoms with Gasteiger partial charge in [0.25, 0.3) is 0 Å². The number of allylic oxidation sites excluding steroid dienone is 1. The second kappa shape index (κ2) is 8.95. The molecule has 3 rings (SSSR count). The van der Waals surface area contributed by atoms with E-state index in [1.807, 2.05) is 6.07 Å². The summed E-state index contributed by atoms with van der Waals surface area (Å²) < 4.78 is 23.6. The number of sulfonamides is 1. The first-order valence-corrected chi connectivity index (χ1v) is 10.9. The molecule has 0 fully saturated rings. The first-order valence-electron chi connectivity index (χ1n) is 9.31. The van der Waals surface area contributed by atoms with Crippen LogP contribution in [0.2, 0.25) is 0 Å². The van der Waals surface area contributed by atoms with E-state index in [4.69, 9.17) is 16.3 Å². The highest BCUT2D eigenvalue weighted by Gasteiger charge is 2.14. The van der Waals surface area contributed by atoms with Crippen LogP contribution in [0.3, 0.4) is 0 Å². The van der Waals surface area contributed by atoms with Crippen molar-refractivity contribution >= 4 is 33.0 Å². The van der Waals surface area contributed by atoms with Crippen molar-refractivity contribution in [1.29, 1.82) is 5.41 Å². The van der Waals surface area contributed by atoms with Gasteiger partial charge in [-0.2, -0.15) is 0 Å². The SMILES string of the molecule is C/C(=C/C(=O)Nc1ccc(-c2ccccc2S(N)(=O)=O)cc1)c1cccc(C(=N)N)c1. The predicted molar refractivity (Wildman–Crippen MR) is 123 cm³/mol. The molecule has 7 nitrogen and oxygen atoms in total. The van der Waals surface area contributed by atoms with E-state index in [-0.39, 0.29) is 16.6 Å². The Morgan fingerprint density at radius 2 is 1.61 bits per heavy atom. The fourth-order valence-electron chi connectivity index (χ4n) is 3.08. The third kappa shape index (κ3) is 5.44. The molecule has 0 heterocycles. The second-order valence-electron chi connectivity index (χ2n) is 6.93. The van der Waals surface area contributed by atoms with E-state index in [2.05, 4.69) is 5.32 Å². The van der Waals surface area contributed by atoms with Gasteiger partial charge in [-0.25, -0.2) is 13.6 Å². The number of nitrogens with two attached hydrogens (primary N) is 2. The predicted octanol–water partition coefficient (Wildman–Crippen LogP) is 3.33. The van der Waals surface area contributed by atoms with Gasteiger partial charge in [0, 0.05) is 22.9 Å². The van der Waals surface area contributed by atoms with Crippen LogP contribution in [-0.4, -0.2) is 20.2 Å². The summed E-state index contributed by atoms with van der Waals surface area (Å²) in [7, 11) is -3.86. The molecule has 0 atom stereocenters. The maximum atomic E-state index is 12.4. The van der Waals surface area contributed by atoms with Crippen molar-refractivity contribution in [3.63, 3.8) is 0 Å². The van der Waals surface area contributed by atoms with Crippen molar-refractivity contribution in [3.05, 3.63) is 90.0 Å². The molecule has 0 spiro atoms. The van der Waals surface area contributed by atoms with Crippen LogP contribution in [0.4, 0.5) is 5.69 Å². The largest absolute Gasteiger partial charge is 0.384 e. The number of carbonyl (C=O) groups is 1. The zero-order chi connectivity index (χ0) is 22.6. The Hall–Kier alpha value is -3.75. The van der Waals surface area contributed by atoms with Gasteiger partial charge in [0.1, 0.15) is 5.84 Å². The zero-order valence-corrected chi connectivity index (χ0v) is 17.6. The first-order chi connectivity index (χ1) is 14.6. The number of primary sulfonamides is 1. The molecule has 0 radical (unpaired) electrons. The molecule has 0 unspecified atom stereocenters. The smallest absolute Gasteiger partial charge is 0.248 e. The maximum absolute atomic E-state index is 12.4. The molecule has 31 heavy (non-hydrogen) atoms. The number of hydrogen-bond donors (Lipinski definition) is 4. The number of carbonyl (C=O) groups excluding carboxylic acids is 1. The lowest BCUT2D eigenvalue weighted by Crippen LogP contribution is -2.13. The molecule has 8 heteroatoms. The standard InChI is InChI=1S/C23H22N4O3S/c1-15(17-5-4-6-18(14-17)23(24)25)13-22(28)27-19-11-9-16(10-12-19)20-7-2-3-8-21(20)31(26,29)30/h2-14H,1H3,(H3,24,25)(H,27,28)(H2,26,29,30)/b15-13-. The van der Waals surface area contributed by atoms with E-state index in [0.29, 0.717) is 22.4 Å². The average molecular weight is 435 g/mol. The van der Waals surface area contributed by atoms with Crippen molar-refractivity contribution < 1.29 is 13.2 Å². The van der Waals surface area contributed by atoms with Crippen LogP contribution in [0.25, 0.3) is 16.7 Å². The molecule has 3 aromatic carbocycles. The highest BCUT2D eigenvalue weighted by molar-refractivity contribution is 7.89. The van der Waals surface area contributed by atoms with Crippen molar-refractivity contribution in [2.24, 2.45) is 10.9 Å². The fourth-order valence-corrected chi connectivity index (χ4v) is 3.84. The monoisotopic (exact) mass is 434 g/mol. The van der Waals surface area contributed by atoms with E-state index in [9.17, 15) is 13.2 Å². The minimum atomic E-state index is -3.86. The van der Waals surface area contributed by atoms with Crippen LogP contribution in [0.5, 0.6) is 0 Å². The van der Waals surface area contributed by atoms with Crippen molar-refractivity contribution in [2.45, 2.75) is 11.8 Å². The summed E-state index contributed by atoms with van der Waals surface area (Å²) in [6.07, 6.45) is 1.46. The molecule has 0 aromatic heterocycles. The summed E-state index contributed by atoms with van der Waals surface area (Å²) in [5.41, 5.74) is 9.32. The van der Waals surface area contributed by atoms with Crippen LogP contribution >= 0.6 is 0 Å². The molecule has 0 aliphatic carbocycles. The number of hydrogen-bond acceptors (Lipinski definition) is 4. The van der Waals surface area contributed by atoms with E-state index in [1.165, 1.54) is 12.1 Å². The summed E-state index contributed by atoms with van der Waals surface area (Å²) in [5.74, 6) is -0.355. The van der Waals surface area contributed by atoms with Crippen LogP contribution in [0.1, 0.15) is 18.1 Å². The maximum Gasteiger partial charge on any atom is 0.248 e. The van der Waals surface area contributed by atoms with Gasteiger partial charge >= 0.3 is 0 Å². The van der Waals surface area contributed by atoms with Gasteiger partial charge in [-0.05, 0) is 47.9 Å². The lowest BCUT2D eigenvalue weighted by molar-refractivity contribution is -0.111. The number of rotatable bonds is 6. The minimum absolute atomic E-state index is 0.0387. The van der Waals surface area contributed by atoms with Gasteiger partial charge < -0.3 is 11.1 Å². The third-order valence-corrected chi connectivity index (χ3v) is 5.60. The number of benzene rings is 3. The Morgan fingerprint density at radius 1 is 0.968 bits per heavy atom. The highest BCUT2D eigenvalue weighted by atomic mass is 32.2. The molecule has 0 saturated carbocycles. The molecule has 1 amide bonds. The molecule has 0 bridgehead atoms. The van der Waals surface area contributed by atoms with Crippen molar-refractivity contribution in [3.8, 4) is 11.1 Å². The van der Waals surface area contributed by atoms with Crippen LogP contribution in [-0.2, 0) is 14.8 Å². The summed E-state index contributed by atoms with van der Waals surface area (Å²) in [6, 6.07) is 20.4. The van der Waals surface area contributed by atoms with Gasteiger partial charge in [0.15, 0.2) is 0 Å². The minimum Gasteiger partial charge on any atom is -0.384 e. The van der Waals surface area contributed by atoms with Gasteiger partial charge in [-0.15, -0.1) is 0 Å². The summed E-state index contributed by atoms with van der Waals surface area (Å²) in [6.45, 7) is 1.80. The zero-order valence-electron chi connectivity index (χ0n) is 16.8. The molecule has 0 aliphatic rings. The number of nitrogen functional groups attached to an aromatic ring is 1. The lowest BCUT2D eigenvalue weighted by Gasteiger charge is -2.09. The van der Waals surface area contributed by atoms with Crippen LogP contribution < -0.4 is 16.2 Å². The summed E-state index contributed by atoms with van der Waals surface area (Å²) >= 11 is 0. The van der Waals surface area contributed by atoms with E-state index >= 15 is 0 Å². The number of amides is 1. The van der Waals surface area contributed by atoms with Gasteiger partial charge in [-0.1, -0.05) is 48.5 Å². The van der Waals surface area contributed by atoms with Gasteiger partial charge in [-0.3, -0.25) is 10.2 Å². The van der Waals surface area contributed by atoms with Crippen LogP contribution in [0, 0.1) is 5.41 Å². The second-order valence-corrected chi connectivity index (χ2v) is 8.46. The van der Waals surface area contributed by atoms with Crippen molar-refractivity contribution in [1.82, 2.24) is 0 Å². The topological polar surface area (TPSA) is 139 Å². The van der Waals surface area contributed by atoms with E-state index in [0.717, 1.165) is 11.1 Å². The first kappa shape index (κ1) is 21.9. The lowest BCUT2D eigenvalue weighted by atomic mass is 10.0. The van der Waals surface area contributed by atoms with Crippen LogP contribution in [0.15, 0.2) is 83.8 Å². The van der Waals surface area contributed by atoms with Gasteiger partial charge in [0.2, 0.25) is 15.9 Å². The number of amidine groups is 1. The summed E-state index contributed by atoms with van der Waals surface area (Å²) in [4.78, 5) is 12.4.